The van der Waals surface area contributed by atoms with Crippen LogP contribution in [-0.2, 0) is 0 Å². The number of nitrogens with zero attached hydrogens (tertiary/aromatic N) is 4. The van der Waals surface area contributed by atoms with E-state index in [2.05, 4.69) is 15.1 Å². The Morgan fingerprint density at radius 1 is 1.25 bits per heavy atom. The molecule has 1 fully saturated rings. The molecule has 0 saturated carbocycles. The summed E-state index contributed by atoms with van der Waals surface area (Å²) in [5, 5.41) is 29.6. The van der Waals surface area contributed by atoms with Gasteiger partial charge in [0.05, 0.1) is 16.2 Å². The van der Waals surface area contributed by atoms with E-state index in [0.29, 0.717) is 11.3 Å². The van der Waals surface area contributed by atoms with E-state index in [1.54, 1.807) is 12.1 Å². The van der Waals surface area contributed by atoms with E-state index in [1.165, 1.54) is 12.1 Å². The van der Waals surface area contributed by atoms with Gasteiger partial charge in [0, 0.05) is 30.8 Å². The number of nitro groups is 1. The van der Waals surface area contributed by atoms with Gasteiger partial charge in [0.25, 0.3) is 5.69 Å². The van der Waals surface area contributed by atoms with Crippen LogP contribution in [0.15, 0.2) is 36.4 Å². The van der Waals surface area contributed by atoms with Gasteiger partial charge in [0.2, 0.25) is 0 Å². The van der Waals surface area contributed by atoms with Crippen LogP contribution in [-0.4, -0.2) is 38.9 Å². The lowest BCUT2D eigenvalue weighted by molar-refractivity contribution is -0.384. The number of anilines is 1. The summed E-state index contributed by atoms with van der Waals surface area (Å²) in [5.41, 5.74) is 0.743. The summed E-state index contributed by atoms with van der Waals surface area (Å²) in [7, 11) is 0. The van der Waals surface area contributed by atoms with Crippen molar-refractivity contribution in [2.75, 3.05) is 18.0 Å². The number of aliphatic hydroxyl groups is 1. The third-order valence-corrected chi connectivity index (χ3v) is 4.68. The molecule has 3 rings (SSSR count). The fourth-order valence-electron chi connectivity index (χ4n) is 2.93. The number of piperidine rings is 1. The van der Waals surface area contributed by atoms with Crippen LogP contribution in [0.1, 0.15) is 26.2 Å². The van der Waals surface area contributed by atoms with Gasteiger partial charge in [-0.2, -0.15) is 0 Å². The Bertz CT molecular complexity index is 725. The third kappa shape index (κ3) is 3.35. The summed E-state index contributed by atoms with van der Waals surface area (Å²) in [4.78, 5) is 12.5. The number of hydrogen-bond donors (Lipinski definition) is 1. The van der Waals surface area contributed by atoms with Gasteiger partial charge < -0.3 is 10.0 Å². The molecule has 1 aliphatic heterocycles. The Kier molecular flexibility index (Phi) is 4.44. The second-order valence-electron chi connectivity index (χ2n) is 6.15. The van der Waals surface area contributed by atoms with E-state index in [1.807, 2.05) is 19.1 Å². The molecule has 1 N–H and O–H groups in total. The standard InChI is InChI=1S/C17H20N4O3/c1-2-17(22)8-10-20(11-9-17)16-7-6-15(18-19-16)13-4-3-5-14(12-13)21(23)24/h3-7,12,22H,2,8-11H2,1H3. The molecule has 1 aliphatic rings. The maximum Gasteiger partial charge on any atom is 0.270 e. The van der Waals surface area contributed by atoms with Crippen LogP contribution in [0.3, 0.4) is 0 Å². The molecule has 2 aromatic rings. The van der Waals surface area contributed by atoms with Crippen LogP contribution < -0.4 is 4.90 Å². The van der Waals surface area contributed by atoms with Gasteiger partial charge in [-0.3, -0.25) is 10.1 Å². The second-order valence-corrected chi connectivity index (χ2v) is 6.15. The number of rotatable bonds is 4. The molecule has 1 aromatic carbocycles. The van der Waals surface area contributed by atoms with E-state index in [0.717, 1.165) is 38.2 Å². The first-order chi connectivity index (χ1) is 11.5. The highest BCUT2D eigenvalue weighted by Gasteiger charge is 2.30. The molecule has 1 aromatic heterocycles. The van der Waals surface area contributed by atoms with Crippen molar-refractivity contribution < 1.29 is 10.0 Å². The molecule has 0 spiro atoms. The second kappa shape index (κ2) is 6.52. The van der Waals surface area contributed by atoms with Crippen LogP contribution in [0, 0.1) is 10.1 Å². The van der Waals surface area contributed by atoms with Gasteiger partial charge >= 0.3 is 0 Å². The summed E-state index contributed by atoms with van der Waals surface area (Å²) in [6, 6.07) is 10.1. The van der Waals surface area contributed by atoms with Gasteiger partial charge in [-0.25, -0.2) is 0 Å². The van der Waals surface area contributed by atoms with Crippen molar-refractivity contribution in [2.45, 2.75) is 31.8 Å². The fourth-order valence-corrected chi connectivity index (χ4v) is 2.93. The van der Waals surface area contributed by atoms with Crippen LogP contribution in [0.25, 0.3) is 11.3 Å². The Morgan fingerprint density at radius 3 is 2.58 bits per heavy atom. The predicted octanol–water partition coefficient (Wildman–Crippen LogP) is 2.79. The minimum atomic E-state index is -0.563. The van der Waals surface area contributed by atoms with Gasteiger partial charge in [-0.15, -0.1) is 10.2 Å². The lowest BCUT2D eigenvalue weighted by Crippen LogP contribution is -2.44. The quantitative estimate of drug-likeness (QED) is 0.685. The van der Waals surface area contributed by atoms with E-state index >= 15 is 0 Å². The molecule has 1 saturated heterocycles. The molecule has 24 heavy (non-hydrogen) atoms. The first-order valence-corrected chi connectivity index (χ1v) is 8.07. The Hall–Kier alpha value is -2.54. The topological polar surface area (TPSA) is 92.4 Å². The summed E-state index contributed by atoms with van der Waals surface area (Å²) >= 11 is 0. The molecule has 7 heteroatoms. The third-order valence-electron chi connectivity index (χ3n) is 4.68. The zero-order valence-corrected chi connectivity index (χ0v) is 13.6. The molecular weight excluding hydrogens is 308 g/mol. The summed E-state index contributed by atoms with van der Waals surface area (Å²) < 4.78 is 0. The molecule has 126 valence electrons. The highest BCUT2D eigenvalue weighted by atomic mass is 16.6. The minimum Gasteiger partial charge on any atom is -0.390 e. The summed E-state index contributed by atoms with van der Waals surface area (Å²) in [6.07, 6.45) is 2.20. The number of benzene rings is 1. The fraction of sp³-hybridized carbons (Fsp3) is 0.412. The molecule has 2 heterocycles. The molecule has 0 atom stereocenters. The van der Waals surface area contributed by atoms with E-state index < -0.39 is 10.5 Å². The zero-order chi connectivity index (χ0) is 17.2. The Balaban J connectivity index is 1.74. The van der Waals surface area contributed by atoms with E-state index in [9.17, 15) is 15.2 Å². The monoisotopic (exact) mass is 328 g/mol. The molecule has 7 nitrogen and oxygen atoms in total. The van der Waals surface area contributed by atoms with Gasteiger partial charge in [0.15, 0.2) is 5.82 Å². The molecule has 0 radical (unpaired) electrons. The van der Waals surface area contributed by atoms with Gasteiger partial charge in [-0.1, -0.05) is 19.1 Å². The SMILES string of the molecule is CCC1(O)CCN(c2ccc(-c3cccc([N+](=O)[O-])c3)nn2)CC1. The number of non-ortho nitro benzene ring substituents is 1. The van der Waals surface area contributed by atoms with Crippen molar-refractivity contribution in [1.82, 2.24) is 10.2 Å². The minimum absolute atomic E-state index is 0.0354. The van der Waals surface area contributed by atoms with Crippen molar-refractivity contribution in [3.63, 3.8) is 0 Å². The van der Waals surface area contributed by atoms with Gasteiger partial charge in [0.1, 0.15) is 0 Å². The molecule has 0 bridgehead atoms. The first-order valence-electron chi connectivity index (χ1n) is 8.07. The van der Waals surface area contributed by atoms with Crippen molar-refractivity contribution in [1.29, 1.82) is 0 Å². The summed E-state index contributed by atoms with van der Waals surface area (Å²) in [6.45, 7) is 3.49. The maximum atomic E-state index is 10.9. The van der Waals surface area contributed by atoms with E-state index in [4.69, 9.17) is 0 Å². The van der Waals surface area contributed by atoms with Crippen LogP contribution in [0.4, 0.5) is 11.5 Å². The van der Waals surface area contributed by atoms with Gasteiger partial charge in [-0.05, 0) is 31.4 Å². The first kappa shape index (κ1) is 16.3. The smallest absolute Gasteiger partial charge is 0.270 e. The normalized spacial score (nSPS) is 16.8. The average Bonchev–Trinajstić information content (AvgIpc) is 2.63. The maximum absolute atomic E-state index is 10.9. The highest BCUT2D eigenvalue weighted by Crippen LogP contribution is 2.28. The Labute approximate surface area is 140 Å². The van der Waals surface area contributed by atoms with Crippen LogP contribution >= 0.6 is 0 Å². The lowest BCUT2D eigenvalue weighted by Gasteiger charge is -2.38. The van der Waals surface area contributed by atoms with E-state index in [-0.39, 0.29) is 5.69 Å². The number of nitro benzene ring substituents is 1. The molecular formula is C17H20N4O3. The molecule has 0 amide bonds. The lowest BCUT2D eigenvalue weighted by atomic mass is 9.89. The number of hydrogen-bond acceptors (Lipinski definition) is 6. The number of aromatic nitrogens is 2. The largest absolute Gasteiger partial charge is 0.390 e. The van der Waals surface area contributed by atoms with Crippen LogP contribution in [0.5, 0.6) is 0 Å². The van der Waals surface area contributed by atoms with Crippen molar-refractivity contribution in [3.8, 4) is 11.3 Å². The van der Waals surface area contributed by atoms with Crippen molar-refractivity contribution >= 4 is 11.5 Å². The average molecular weight is 328 g/mol. The van der Waals surface area contributed by atoms with Crippen molar-refractivity contribution in [3.05, 3.63) is 46.5 Å². The zero-order valence-electron chi connectivity index (χ0n) is 13.6. The Morgan fingerprint density at radius 2 is 2.00 bits per heavy atom. The predicted molar refractivity (Wildman–Crippen MR) is 90.8 cm³/mol. The van der Waals surface area contributed by atoms with Crippen LogP contribution in [0.2, 0.25) is 0 Å². The van der Waals surface area contributed by atoms with Crippen molar-refractivity contribution in [2.24, 2.45) is 0 Å². The molecule has 0 unspecified atom stereocenters. The highest BCUT2D eigenvalue weighted by molar-refractivity contribution is 5.62. The summed E-state index contributed by atoms with van der Waals surface area (Å²) in [5.74, 6) is 0.766. The molecule has 0 aliphatic carbocycles.